The predicted molar refractivity (Wildman–Crippen MR) is 90.7 cm³/mol. The summed E-state index contributed by atoms with van der Waals surface area (Å²) < 4.78 is 7.88. The van der Waals surface area contributed by atoms with Crippen molar-refractivity contribution in [3.8, 4) is 0 Å². The van der Waals surface area contributed by atoms with Crippen molar-refractivity contribution in [2.45, 2.75) is 39.3 Å². The van der Waals surface area contributed by atoms with E-state index in [0.29, 0.717) is 13.1 Å². The number of esters is 1. The van der Waals surface area contributed by atoms with E-state index in [1.165, 1.54) is 7.11 Å². The van der Waals surface area contributed by atoms with E-state index in [4.69, 9.17) is 0 Å². The zero-order valence-electron chi connectivity index (χ0n) is 14.1. The third-order valence-electron chi connectivity index (χ3n) is 3.81. The van der Waals surface area contributed by atoms with Crippen LogP contribution >= 0.6 is 0 Å². The van der Waals surface area contributed by atoms with E-state index in [1.807, 2.05) is 31.2 Å². The second-order valence-corrected chi connectivity index (χ2v) is 5.50. The minimum Gasteiger partial charge on any atom is -0.469 e. The van der Waals surface area contributed by atoms with E-state index in [-0.39, 0.29) is 37.0 Å². The summed E-state index contributed by atoms with van der Waals surface area (Å²) in [5, 5.41) is 2.66. The Kier molecular flexibility index (Phi) is 6.17. The van der Waals surface area contributed by atoms with Crippen molar-refractivity contribution < 1.29 is 14.3 Å². The first-order valence-electron chi connectivity index (χ1n) is 8.10. The van der Waals surface area contributed by atoms with Crippen molar-refractivity contribution in [1.29, 1.82) is 0 Å². The van der Waals surface area contributed by atoms with Gasteiger partial charge in [-0.2, -0.15) is 0 Å². The van der Waals surface area contributed by atoms with Crippen LogP contribution in [0.3, 0.4) is 0 Å². The quantitative estimate of drug-likeness (QED) is 0.738. The smallest absolute Gasteiger partial charge is 0.329 e. The van der Waals surface area contributed by atoms with Gasteiger partial charge in [0.05, 0.1) is 24.6 Å². The number of amides is 1. The molecule has 1 amide bonds. The van der Waals surface area contributed by atoms with E-state index in [0.717, 1.165) is 17.5 Å². The number of benzene rings is 1. The van der Waals surface area contributed by atoms with Crippen LogP contribution in [0.25, 0.3) is 11.0 Å². The molecule has 1 N–H and O–H groups in total. The summed E-state index contributed by atoms with van der Waals surface area (Å²) in [5.74, 6) is -0.563. The Morgan fingerprint density at radius 3 is 2.29 bits per heavy atom. The van der Waals surface area contributed by atoms with Gasteiger partial charge >= 0.3 is 11.7 Å². The van der Waals surface area contributed by atoms with Crippen molar-refractivity contribution in [2.24, 2.45) is 0 Å². The van der Waals surface area contributed by atoms with Gasteiger partial charge in [0.15, 0.2) is 0 Å². The van der Waals surface area contributed by atoms with Crippen LogP contribution in [0.15, 0.2) is 29.1 Å². The number of para-hydroxylation sites is 2. The average molecular weight is 333 g/mol. The molecular weight excluding hydrogens is 310 g/mol. The number of ether oxygens (including phenoxy) is 1. The summed E-state index contributed by atoms with van der Waals surface area (Å²) in [6.45, 7) is 3.21. The summed E-state index contributed by atoms with van der Waals surface area (Å²) in [7, 11) is 1.31. The highest BCUT2D eigenvalue weighted by Crippen LogP contribution is 2.13. The fourth-order valence-corrected chi connectivity index (χ4v) is 2.64. The summed E-state index contributed by atoms with van der Waals surface area (Å²) in [6, 6.07) is 7.58. The number of imidazole rings is 1. The van der Waals surface area contributed by atoms with E-state index in [1.54, 1.807) is 9.13 Å². The highest BCUT2D eigenvalue weighted by molar-refractivity contribution is 5.78. The number of nitrogens with one attached hydrogen (secondary N) is 1. The zero-order valence-corrected chi connectivity index (χ0v) is 14.1. The lowest BCUT2D eigenvalue weighted by molar-refractivity contribution is -0.140. The maximum Gasteiger partial charge on any atom is 0.329 e. The summed E-state index contributed by atoms with van der Waals surface area (Å²) >= 11 is 0. The summed E-state index contributed by atoms with van der Waals surface area (Å²) in [4.78, 5) is 35.5. The maximum atomic E-state index is 12.6. The van der Waals surface area contributed by atoms with Crippen molar-refractivity contribution in [2.75, 3.05) is 13.7 Å². The number of aromatic nitrogens is 2. The average Bonchev–Trinajstić information content (AvgIpc) is 2.85. The van der Waals surface area contributed by atoms with Gasteiger partial charge in [0.1, 0.15) is 0 Å². The van der Waals surface area contributed by atoms with Gasteiger partial charge in [-0.1, -0.05) is 19.1 Å². The molecule has 0 fully saturated rings. The number of hydrogen-bond acceptors (Lipinski definition) is 4. The topological polar surface area (TPSA) is 82.3 Å². The molecular formula is C17H23N3O4. The summed E-state index contributed by atoms with van der Waals surface area (Å²) in [6.07, 6.45) is 1.18. The van der Waals surface area contributed by atoms with Crippen LogP contribution in [-0.2, 0) is 27.4 Å². The fourth-order valence-electron chi connectivity index (χ4n) is 2.64. The molecule has 0 saturated heterocycles. The molecule has 1 aromatic carbocycles. The van der Waals surface area contributed by atoms with Crippen LogP contribution in [0.5, 0.6) is 0 Å². The van der Waals surface area contributed by atoms with E-state index in [9.17, 15) is 14.4 Å². The number of aryl methyl sites for hydroxylation is 2. The molecule has 0 bridgehead atoms. The lowest BCUT2D eigenvalue weighted by atomic mass is 10.3. The third kappa shape index (κ3) is 4.04. The van der Waals surface area contributed by atoms with E-state index in [2.05, 4.69) is 10.1 Å². The lowest BCUT2D eigenvalue weighted by Crippen LogP contribution is -2.30. The van der Waals surface area contributed by atoms with E-state index < -0.39 is 0 Å². The molecule has 0 aliphatic rings. The first-order valence-corrected chi connectivity index (χ1v) is 8.10. The molecule has 1 aromatic heterocycles. The van der Waals surface area contributed by atoms with Crippen LogP contribution in [0.2, 0.25) is 0 Å². The van der Waals surface area contributed by atoms with Gasteiger partial charge < -0.3 is 10.1 Å². The van der Waals surface area contributed by atoms with Gasteiger partial charge in [0.2, 0.25) is 5.91 Å². The number of rotatable bonds is 8. The molecule has 0 radical (unpaired) electrons. The number of carbonyl (C=O) groups excluding carboxylic acids is 2. The van der Waals surface area contributed by atoms with Gasteiger partial charge in [-0.3, -0.25) is 18.7 Å². The molecule has 0 saturated carbocycles. The molecule has 0 aliphatic heterocycles. The molecule has 0 spiro atoms. The number of nitrogens with zero attached hydrogens (tertiary/aromatic N) is 2. The summed E-state index contributed by atoms with van der Waals surface area (Å²) in [5.41, 5.74) is 1.62. The molecule has 7 nitrogen and oxygen atoms in total. The molecule has 2 rings (SSSR count). The Bertz CT molecular complexity index is 776. The Hall–Kier alpha value is -2.57. The van der Waals surface area contributed by atoms with Gasteiger partial charge in [0.25, 0.3) is 0 Å². The monoisotopic (exact) mass is 333 g/mol. The molecule has 7 heteroatoms. The molecule has 0 atom stereocenters. The minimum absolute atomic E-state index is 0.0968. The predicted octanol–water partition coefficient (Wildman–Crippen LogP) is 1.28. The minimum atomic E-state index is -0.367. The molecule has 130 valence electrons. The maximum absolute atomic E-state index is 12.6. The number of hydrogen-bond donors (Lipinski definition) is 1. The standard InChI is InChI=1S/C17H23N3O4/c1-3-11-19-13-6-4-5-7-14(13)20(17(19)23)12-9-15(21)18-10-8-16(22)24-2/h4-7H,3,8-12H2,1-2H3,(H,18,21). The van der Waals surface area contributed by atoms with Gasteiger partial charge in [-0.05, 0) is 18.6 Å². The fraction of sp³-hybridized carbons (Fsp3) is 0.471. The van der Waals surface area contributed by atoms with Crippen molar-refractivity contribution in [1.82, 2.24) is 14.5 Å². The van der Waals surface area contributed by atoms with Crippen LogP contribution in [0.1, 0.15) is 26.2 Å². The van der Waals surface area contributed by atoms with E-state index >= 15 is 0 Å². The molecule has 1 heterocycles. The molecule has 24 heavy (non-hydrogen) atoms. The Labute approximate surface area is 140 Å². The molecule has 0 unspecified atom stereocenters. The van der Waals surface area contributed by atoms with Gasteiger partial charge in [-0.25, -0.2) is 4.79 Å². The number of carbonyl (C=O) groups is 2. The first-order chi connectivity index (χ1) is 11.6. The van der Waals surface area contributed by atoms with Gasteiger partial charge in [0, 0.05) is 26.1 Å². The normalized spacial score (nSPS) is 10.8. The van der Waals surface area contributed by atoms with Crippen molar-refractivity contribution >= 4 is 22.9 Å². The van der Waals surface area contributed by atoms with Crippen LogP contribution in [-0.4, -0.2) is 34.7 Å². The van der Waals surface area contributed by atoms with Crippen LogP contribution in [0, 0.1) is 0 Å². The van der Waals surface area contributed by atoms with Crippen molar-refractivity contribution in [3.05, 3.63) is 34.7 Å². The molecule has 2 aromatic rings. The third-order valence-corrected chi connectivity index (χ3v) is 3.81. The lowest BCUT2D eigenvalue weighted by Gasteiger charge is -2.05. The SMILES string of the molecule is CCCn1c(=O)n(CCC(=O)NCCC(=O)OC)c2ccccc21. The van der Waals surface area contributed by atoms with Crippen LogP contribution in [0.4, 0.5) is 0 Å². The Morgan fingerprint density at radius 2 is 1.71 bits per heavy atom. The number of methoxy groups -OCH3 is 1. The Balaban J connectivity index is 2.05. The second kappa shape index (κ2) is 8.33. The molecule has 0 aliphatic carbocycles. The Morgan fingerprint density at radius 1 is 1.08 bits per heavy atom. The highest BCUT2D eigenvalue weighted by atomic mass is 16.5. The number of fused-ring (bicyclic) bond motifs is 1. The van der Waals surface area contributed by atoms with Crippen LogP contribution < -0.4 is 11.0 Å². The highest BCUT2D eigenvalue weighted by Gasteiger charge is 2.13. The van der Waals surface area contributed by atoms with Crippen molar-refractivity contribution in [3.63, 3.8) is 0 Å². The first kappa shape index (κ1) is 17.8. The van der Waals surface area contributed by atoms with Gasteiger partial charge in [-0.15, -0.1) is 0 Å². The second-order valence-electron chi connectivity index (χ2n) is 5.50. The zero-order chi connectivity index (χ0) is 17.5. The largest absolute Gasteiger partial charge is 0.469 e.